The number of para-hydroxylation sites is 2. The highest BCUT2D eigenvalue weighted by atomic mass is 16.4. The summed E-state index contributed by atoms with van der Waals surface area (Å²) < 4.78 is 0. The van der Waals surface area contributed by atoms with Gasteiger partial charge >= 0.3 is 5.97 Å². The summed E-state index contributed by atoms with van der Waals surface area (Å²) in [6.45, 7) is 2.61. The third kappa shape index (κ3) is 2.01. The minimum Gasteiger partial charge on any atom is -0.480 e. The van der Waals surface area contributed by atoms with Crippen molar-refractivity contribution in [3.8, 4) is 0 Å². The van der Waals surface area contributed by atoms with Crippen molar-refractivity contribution in [2.24, 2.45) is 0 Å². The quantitative estimate of drug-likeness (QED) is 0.891. The van der Waals surface area contributed by atoms with Crippen LogP contribution < -0.4 is 4.90 Å². The van der Waals surface area contributed by atoms with Gasteiger partial charge in [0, 0.05) is 6.54 Å². The first-order valence-electron chi connectivity index (χ1n) is 6.39. The van der Waals surface area contributed by atoms with Gasteiger partial charge < -0.3 is 10.0 Å². The van der Waals surface area contributed by atoms with E-state index in [-0.39, 0.29) is 0 Å². The number of aromatic nitrogens is 2. The summed E-state index contributed by atoms with van der Waals surface area (Å²) in [4.78, 5) is 22.2. The fraction of sp³-hybridized carbons (Fsp3) is 0.357. The molecule has 5 nitrogen and oxygen atoms in total. The summed E-state index contributed by atoms with van der Waals surface area (Å²) >= 11 is 0. The number of nitrogens with zero attached hydrogens (tertiary/aromatic N) is 3. The number of carboxylic acids is 1. The molecule has 3 rings (SSSR count). The van der Waals surface area contributed by atoms with E-state index in [9.17, 15) is 9.90 Å². The molecule has 0 spiro atoms. The lowest BCUT2D eigenvalue weighted by atomic mass is 10.2. The van der Waals surface area contributed by atoms with Crippen LogP contribution in [0.4, 0.5) is 5.82 Å². The Bertz CT molecular complexity index is 642. The normalized spacial score (nSPS) is 19.0. The molecule has 1 atom stereocenters. The SMILES string of the molecule is Cc1nc2ccccc2nc1N1CCC[C@@H]1C(=O)O. The molecule has 1 saturated heterocycles. The summed E-state index contributed by atoms with van der Waals surface area (Å²) in [6, 6.07) is 7.17. The topological polar surface area (TPSA) is 66.3 Å². The lowest BCUT2D eigenvalue weighted by Crippen LogP contribution is -2.37. The number of aliphatic carboxylic acids is 1. The molecule has 0 radical (unpaired) electrons. The van der Waals surface area contributed by atoms with Crippen molar-refractivity contribution in [2.45, 2.75) is 25.8 Å². The van der Waals surface area contributed by atoms with Gasteiger partial charge in [-0.3, -0.25) is 0 Å². The van der Waals surface area contributed by atoms with E-state index >= 15 is 0 Å². The maximum Gasteiger partial charge on any atom is 0.326 e. The van der Waals surface area contributed by atoms with Crippen LogP contribution in [0.1, 0.15) is 18.5 Å². The van der Waals surface area contributed by atoms with Crippen LogP contribution in [0, 0.1) is 6.92 Å². The van der Waals surface area contributed by atoms with Crippen molar-refractivity contribution in [1.82, 2.24) is 9.97 Å². The van der Waals surface area contributed by atoms with E-state index in [4.69, 9.17) is 0 Å². The number of anilines is 1. The molecule has 1 aromatic carbocycles. The first-order chi connectivity index (χ1) is 9.16. The Morgan fingerprint density at radius 1 is 1.32 bits per heavy atom. The fourth-order valence-electron chi connectivity index (χ4n) is 2.63. The standard InChI is InChI=1S/C14H15N3O2/c1-9-13(17-8-4-7-12(17)14(18)19)16-11-6-3-2-5-10(11)15-9/h2-3,5-6,12H,4,7-8H2,1H3,(H,18,19)/t12-/m1/s1. The molecule has 1 aromatic heterocycles. The Kier molecular flexibility index (Phi) is 2.81. The van der Waals surface area contributed by atoms with Crippen LogP contribution in [0.15, 0.2) is 24.3 Å². The Labute approximate surface area is 110 Å². The molecule has 2 aromatic rings. The zero-order valence-corrected chi connectivity index (χ0v) is 10.7. The molecule has 0 amide bonds. The smallest absolute Gasteiger partial charge is 0.326 e. The van der Waals surface area contributed by atoms with Crippen molar-refractivity contribution in [3.63, 3.8) is 0 Å². The predicted molar refractivity (Wildman–Crippen MR) is 72.3 cm³/mol. The van der Waals surface area contributed by atoms with Gasteiger partial charge in [0.05, 0.1) is 16.7 Å². The summed E-state index contributed by atoms with van der Waals surface area (Å²) in [7, 11) is 0. The first kappa shape index (κ1) is 11.9. The molecule has 0 bridgehead atoms. The molecule has 98 valence electrons. The van der Waals surface area contributed by atoms with E-state index in [1.54, 1.807) is 0 Å². The Morgan fingerprint density at radius 3 is 2.68 bits per heavy atom. The monoisotopic (exact) mass is 257 g/mol. The first-order valence-corrected chi connectivity index (χ1v) is 6.39. The van der Waals surface area contributed by atoms with E-state index in [0.717, 1.165) is 29.7 Å². The number of benzene rings is 1. The van der Waals surface area contributed by atoms with Crippen LogP contribution in [-0.4, -0.2) is 33.6 Å². The second kappa shape index (κ2) is 4.50. The largest absolute Gasteiger partial charge is 0.480 e. The molecule has 0 unspecified atom stereocenters. The fourth-order valence-corrected chi connectivity index (χ4v) is 2.63. The van der Waals surface area contributed by atoms with E-state index in [2.05, 4.69) is 9.97 Å². The van der Waals surface area contributed by atoms with Gasteiger partial charge in [-0.15, -0.1) is 0 Å². The average molecular weight is 257 g/mol. The molecule has 0 aliphatic carbocycles. The Balaban J connectivity index is 2.09. The maximum absolute atomic E-state index is 11.3. The molecule has 19 heavy (non-hydrogen) atoms. The van der Waals surface area contributed by atoms with E-state index in [0.29, 0.717) is 12.2 Å². The number of carbonyl (C=O) groups is 1. The number of hydrogen-bond donors (Lipinski definition) is 1. The summed E-state index contributed by atoms with van der Waals surface area (Å²) in [5.41, 5.74) is 2.43. The zero-order valence-electron chi connectivity index (χ0n) is 10.7. The lowest BCUT2D eigenvalue weighted by molar-refractivity contribution is -0.138. The van der Waals surface area contributed by atoms with Crippen molar-refractivity contribution >= 4 is 22.8 Å². The highest BCUT2D eigenvalue weighted by molar-refractivity contribution is 5.81. The van der Waals surface area contributed by atoms with Crippen LogP contribution in [0.3, 0.4) is 0 Å². The maximum atomic E-state index is 11.3. The summed E-state index contributed by atoms with van der Waals surface area (Å²) in [5.74, 6) is -0.0875. The molecule has 1 fully saturated rings. The van der Waals surface area contributed by atoms with Crippen LogP contribution in [0.25, 0.3) is 11.0 Å². The van der Waals surface area contributed by atoms with Gasteiger partial charge in [-0.25, -0.2) is 14.8 Å². The highest BCUT2D eigenvalue weighted by Crippen LogP contribution is 2.27. The third-order valence-corrected chi connectivity index (χ3v) is 3.53. The van der Waals surface area contributed by atoms with Crippen LogP contribution in [-0.2, 0) is 4.79 Å². The summed E-state index contributed by atoms with van der Waals surface area (Å²) in [5, 5.41) is 9.26. The molecule has 5 heteroatoms. The minimum absolute atomic E-state index is 0.478. The minimum atomic E-state index is -0.785. The second-order valence-electron chi connectivity index (χ2n) is 4.81. The average Bonchev–Trinajstić information content (AvgIpc) is 2.87. The van der Waals surface area contributed by atoms with Crippen LogP contribution in [0.5, 0.6) is 0 Å². The van der Waals surface area contributed by atoms with E-state index in [1.165, 1.54) is 0 Å². The lowest BCUT2D eigenvalue weighted by Gasteiger charge is -2.23. The molecule has 1 aliphatic rings. The van der Waals surface area contributed by atoms with Crippen LogP contribution in [0.2, 0.25) is 0 Å². The Morgan fingerprint density at radius 2 is 2.00 bits per heavy atom. The second-order valence-corrected chi connectivity index (χ2v) is 4.81. The Hall–Kier alpha value is -2.17. The van der Waals surface area contributed by atoms with Crippen molar-refractivity contribution in [1.29, 1.82) is 0 Å². The van der Waals surface area contributed by atoms with Gasteiger partial charge in [-0.1, -0.05) is 12.1 Å². The number of aryl methyl sites for hydroxylation is 1. The molecular formula is C14H15N3O2. The third-order valence-electron chi connectivity index (χ3n) is 3.53. The van der Waals surface area contributed by atoms with Gasteiger partial charge in [-0.2, -0.15) is 0 Å². The predicted octanol–water partition coefficient (Wildman–Crippen LogP) is 1.99. The van der Waals surface area contributed by atoms with Gasteiger partial charge in [-0.05, 0) is 31.9 Å². The van der Waals surface area contributed by atoms with E-state index < -0.39 is 12.0 Å². The molecule has 2 heterocycles. The van der Waals surface area contributed by atoms with Gasteiger partial charge in [0.15, 0.2) is 5.82 Å². The van der Waals surface area contributed by atoms with Gasteiger partial charge in [0.1, 0.15) is 6.04 Å². The zero-order chi connectivity index (χ0) is 13.4. The van der Waals surface area contributed by atoms with Crippen molar-refractivity contribution < 1.29 is 9.90 Å². The molecular weight excluding hydrogens is 242 g/mol. The number of fused-ring (bicyclic) bond motifs is 1. The summed E-state index contributed by atoms with van der Waals surface area (Å²) in [6.07, 6.45) is 1.55. The number of rotatable bonds is 2. The van der Waals surface area contributed by atoms with E-state index in [1.807, 2.05) is 36.1 Å². The molecule has 0 saturated carbocycles. The highest BCUT2D eigenvalue weighted by Gasteiger charge is 2.32. The van der Waals surface area contributed by atoms with Crippen molar-refractivity contribution in [2.75, 3.05) is 11.4 Å². The number of carboxylic acid groups (broad SMARTS) is 1. The molecule has 1 aliphatic heterocycles. The van der Waals surface area contributed by atoms with Crippen LogP contribution >= 0.6 is 0 Å². The van der Waals surface area contributed by atoms with Crippen molar-refractivity contribution in [3.05, 3.63) is 30.0 Å². The molecule has 1 N–H and O–H groups in total. The van der Waals surface area contributed by atoms with Gasteiger partial charge in [0.2, 0.25) is 0 Å². The number of hydrogen-bond acceptors (Lipinski definition) is 4. The van der Waals surface area contributed by atoms with Gasteiger partial charge in [0.25, 0.3) is 0 Å².